The van der Waals surface area contributed by atoms with Crippen molar-refractivity contribution in [3.05, 3.63) is 53.9 Å². The number of benzene rings is 1. The zero-order chi connectivity index (χ0) is 24.2. The van der Waals surface area contributed by atoms with Crippen molar-refractivity contribution in [1.29, 1.82) is 0 Å². The molecule has 3 aliphatic rings. The fourth-order valence-corrected chi connectivity index (χ4v) is 5.37. The van der Waals surface area contributed by atoms with Gasteiger partial charge in [0.2, 0.25) is 5.91 Å². The molecule has 9 nitrogen and oxygen atoms in total. The summed E-state index contributed by atoms with van der Waals surface area (Å²) >= 11 is 0. The van der Waals surface area contributed by atoms with E-state index >= 15 is 0 Å². The Morgan fingerprint density at radius 2 is 2.03 bits per heavy atom. The Bertz CT molecular complexity index is 1040. The number of hydrogen-bond donors (Lipinski definition) is 4. The number of nitrogens with zero attached hydrogens (tertiary/aromatic N) is 1. The number of amides is 3. The van der Waals surface area contributed by atoms with E-state index in [1.165, 1.54) is 0 Å². The van der Waals surface area contributed by atoms with Crippen molar-refractivity contribution in [2.75, 3.05) is 11.9 Å². The number of urea groups is 1. The molecule has 0 unspecified atom stereocenters. The number of carbonyl (C=O) groups excluding carboxylic acids is 2. The summed E-state index contributed by atoms with van der Waals surface area (Å²) in [6.07, 6.45) is 7.34. The fraction of sp³-hybridized carbons (Fsp3) is 0.500. The first kappa shape index (κ1) is 23.6. The van der Waals surface area contributed by atoms with E-state index in [1.54, 1.807) is 12.4 Å². The van der Waals surface area contributed by atoms with Crippen LogP contribution in [0.3, 0.4) is 0 Å². The molecule has 4 N–H and O–H groups in total. The number of anilines is 1. The molecule has 0 spiro atoms. The molecule has 9 heteroatoms. The van der Waals surface area contributed by atoms with Gasteiger partial charge < -0.3 is 30.5 Å². The maximum atomic E-state index is 12.6. The monoisotopic (exact) mass is 480 g/mol. The highest BCUT2D eigenvalue weighted by Gasteiger charge is 2.46. The largest absolute Gasteiger partial charge is 0.487 e. The van der Waals surface area contributed by atoms with E-state index in [1.807, 2.05) is 30.3 Å². The molecule has 1 saturated heterocycles. The standard InChI is InChI=1S/C26H32N4O5/c31-15-23-25-21(11-19(34-23)12-24(32)28-14-16-4-3-9-27-13-16)20-10-18(7-8-22(20)35-25)30-26(33)29-17-5-1-2-6-17/h3-4,7-10,13,17,19,21,23,25,31H,1-2,5-6,11-12,14-15H2,(H,28,32)(H2,29,30,33)/t19-,21+,23-,25-/m0/s1. The molecule has 5 rings (SSSR count). The second kappa shape index (κ2) is 10.6. The van der Waals surface area contributed by atoms with E-state index in [9.17, 15) is 14.7 Å². The van der Waals surface area contributed by atoms with Crippen molar-refractivity contribution < 1.29 is 24.2 Å². The van der Waals surface area contributed by atoms with Gasteiger partial charge in [0.15, 0.2) is 0 Å². The zero-order valence-electron chi connectivity index (χ0n) is 19.6. The van der Waals surface area contributed by atoms with Crippen LogP contribution in [-0.4, -0.2) is 53.0 Å². The lowest BCUT2D eigenvalue weighted by Crippen LogP contribution is -2.47. The number of ether oxygens (including phenoxy) is 2. The summed E-state index contributed by atoms with van der Waals surface area (Å²) in [5.41, 5.74) is 2.59. The first-order chi connectivity index (χ1) is 17.1. The van der Waals surface area contributed by atoms with Crippen LogP contribution in [0.5, 0.6) is 5.75 Å². The molecule has 3 amide bonds. The van der Waals surface area contributed by atoms with Gasteiger partial charge >= 0.3 is 6.03 Å². The van der Waals surface area contributed by atoms with Crippen LogP contribution >= 0.6 is 0 Å². The summed E-state index contributed by atoms with van der Waals surface area (Å²) < 4.78 is 12.2. The minimum Gasteiger partial charge on any atom is -0.487 e. The third-order valence-electron chi connectivity index (χ3n) is 7.07. The van der Waals surface area contributed by atoms with Crippen LogP contribution in [0.25, 0.3) is 0 Å². The summed E-state index contributed by atoms with van der Waals surface area (Å²) in [6, 6.07) is 9.39. The predicted octanol–water partition coefficient (Wildman–Crippen LogP) is 2.85. The third-order valence-corrected chi connectivity index (χ3v) is 7.07. The SMILES string of the molecule is O=C(C[C@@H]1C[C@@H]2c3cc(NC(=O)NC4CCCC4)ccc3O[C@@H]2[C@H](CO)O1)NCc1cccnc1. The normalized spacial score (nSPS) is 25.3. The molecule has 1 saturated carbocycles. The molecule has 2 aliphatic heterocycles. The minimum atomic E-state index is -0.528. The molecule has 186 valence electrons. The summed E-state index contributed by atoms with van der Waals surface area (Å²) in [5, 5.41) is 18.8. The number of aliphatic hydroxyl groups is 1. The first-order valence-electron chi connectivity index (χ1n) is 12.4. The molecule has 1 aliphatic carbocycles. The lowest BCUT2D eigenvalue weighted by atomic mass is 9.84. The number of carbonyl (C=O) groups is 2. The maximum Gasteiger partial charge on any atom is 0.319 e. The Morgan fingerprint density at radius 1 is 1.17 bits per heavy atom. The lowest BCUT2D eigenvalue weighted by molar-refractivity contribution is -0.142. The second-order valence-electron chi connectivity index (χ2n) is 9.58. The number of nitrogens with one attached hydrogen (secondary N) is 3. The van der Waals surface area contributed by atoms with Gasteiger partial charge in [-0.3, -0.25) is 9.78 Å². The summed E-state index contributed by atoms with van der Waals surface area (Å²) in [4.78, 5) is 29.1. The van der Waals surface area contributed by atoms with Crippen molar-refractivity contribution in [1.82, 2.24) is 15.6 Å². The van der Waals surface area contributed by atoms with E-state index in [0.717, 1.165) is 42.6 Å². The molecule has 3 heterocycles. The number of hydrogen-bond acceptors (Lipinski definition) is 6. The molecule has 2 fully saturated rings. The van der Waals surface area contributed by atoms with Crippen molar-refractivity contribution in [3.63, 3.8) is 0 Å². The lowest BCUT2D eigenvalue weighted by Gasteiger charge is -2.37. The second-order valence-corrected chi connectivity index (χ2v) is 9.58. The van der Waals surface area contributed by atoms with E-state index in [4.69, 9.17) is 9.47 Å². The average molecular weight is 481 g/mol. The quantitative estimate of drug-likeness (QED) is 0.484. The molecule has 1 aromatic carbocycles. The van der Waals surface area contributed by atoms with Gasteiger partial charge in [-0.25, -0.2) is 4.79 Å². The van der Waals surface area contributed by atoms with Crippen molar-refractivity contribution in [3.8, 4) is 5.75 Å². The Balaban J connectivity index is 1.22. The molecule has 0 radical (unpaired) electrons. The van der Waals surface area contributed by atoms with E-state index in [2.05, 4.69) is 20.9 Å². The van der Waals surface area contributed by atoms with Gasteiger partial charge in [-0.2, -0.15) is 0 Å². The predicted molar refractivity (Wildman–Crippen MR) is 129 cm³/mol. The van der Waals surface area contributed by atoms with Gasteiger partial charge in [-0.05, 0) is 49.1 Å². The summed E-state index contributed by atoms with van der Waals surface area (Å²) in [5.74, 6) is 0.573. The van der Waals surface area contributed by atoms with Gasteiger partial charge in [0.25, 0.3) is 0 Å². The van der Waals surface area contributed by atoms with E-state index in [-0.39, 0.29) is 49.1 Å². The van der Waals surface area contributed by atoms with Crippen LogP contribution < -0.4 is 20.7 Å². The van der Waals surface area contributed by atoms with Crippen LogP contribution in [0.2, 0.25) is 0 Å². The van der Waals surface area contributed by atoms with Crippen LogP contribution in [0, 0.1) is 0 Å². The Morgan fingerprint density at radius 3 is 2.80 bits per heavy atom. The molecular weight excluding hydrogens is 448 g/mol. The molecule has 35 heavy (non-hydrogen) atoms. The smallest absolute Gasteiger partial charge is 0.319 e. The number of rotatable bonds is 7. The van der Waals surface area contributed by atoms with Gasteiger partial charge in [0, 0.05) is 42.1 Å². The van der Waals surface area contributed by atoms with Gasteiger partial charge in [-0.15, -0.1) is 0 Å². The Labute approximate surface area is 204 Å². The van der Waals surface area contributed by atoms with Crippen LogP contribution in [0.1, 0.15) is 55.6 Å². The minimum absolute atomic E-state index is 0.0355. The van der Waals surface area contributed by atoms with E-state index < -0.39 is 6.10 Å². The van der Waals surface area contributed by atoms with Crippen LogP contribution in [-0.2, 0) is 16.1 Å². The van der Waals surface area contributed by atoms with Crippen LogP contribution in [0.15, 0.2) is 42.7 Å². The summed E-state index contributed by atoms with van der Waals surface area (Å²) in [6.45, 7) is 0.205. The average Bonchev–Trinajstić information content (AvgIpc) is 3.50. The number of aliphatic hydroxyl groups excluding tert-OH is 1. The van der Waals surface area contributed by atoms with Crippen LogP contribution in [0.4, 0.5) is 10.5 Å². The Kier molecular flexibility index (Phi) is 7.15. The zero-order valence-corrected chi connectivity index (χ0v) is 19.6. The van der Waals surface area contributed by atoms with Gasteiger partial charge in [-0.1, -0.05) is 18.9 Å². The fourth-order valence-electron chi connectivity index (χ4n) is 5.37. The molecule has 0 bridgehead atoms. The highest BCUT2D eigenvalue weighted by atomic mass is 16.6. The summed E-state index contributed by atoms with van der Waals surface area (Å²) in [7, 11) is 0. The number of aromatic nitrogens is 1. The Hall–Kier alpha value is -3.17. The van der Waals surface area contributed by atoms with Crippen molar-refractivity contribution in [2.45, 2.75) is 75.3 Å². The highest BCUT2D eigenvalue weighted by Crippen LogP contribution is 2.47. The topological polar surface area (TPSA) is 122 Å². The van der Waals surface area contributed by atoms with E-state index in [0.29, 0.717) is 18.7 Å². The van der Waals surface area contributed by atoms with Gasteiger partial charge in [0.1, 0.15) is 18.0 Å². The number of pyridine rings is 1. The molecule has 4 atom stereocenters. The third kappa shape index (κ3) is 5.57. The van der Waals surface area contributed by atoms with Gasteiger partial charge in [0.05, 0.1) is 19.1 Å². The highest BCUT2D eigenvalue weighted by molar-refractivity contribution is 5.89. The number of fused-ring (bicyclic) bond motifs is 3. The molecule has 2 aromatic rings. The molecular formula is C26H32N4O5. The van der Waals surface area contributed by atoms with Crippen molar-refractivity contribution in [2.24, 2.45) is 0 Å². The van der Waals surface area contributed by atoms with Crippen molar-refractivity contribution >= 4 is 17.6 Å². The maximum absolute atomic E-state index is 12.6. The first-order valence-corrected chi connectivity index (χ1v) is 12.4. The molecule has 1 aromatic heterocycles.